The summed E-state index contributed by atoms with van der Waals surface area (Å²) in [5.41, 5.74) is 0. The number of aliphatic carboxylic acids is 1. The van der Waals surface area contributed by atoms with Gasteiger partial charge < -0.3 is 14.8 Å². The van der Waals surface area contributed by atoms with Crippen LogP contribution >= 0.6 is 0 Å². The zero-order valence-corrected chi connectivity index (χ0v) is 9.55. The van der Waals surface area contributed by atoms with Crippen molar-refractivity contribution in [1.29, 1.82) is 0 Å². The van der Waals surface area contributed by atoms with Gasteiger partial charge >= 0.3 is 5.97 Å². The number of rotatable bonds is 6. The number of amides is 1. The first-order valence-electron chi connectivity index (χ1n) is 5.35. The van der Waals surface area contributed by atoms with E-state index in [9.17, 15) is 9.59 Å². The fraction of sp³-hybridized carbons (Fsp3) is 0.333. The van der Waals surface area contributed by atoms with Crippen molar-refractivity contribution in [2.24, 2.45) is 5.92 Å². The minimum Gasteiger partial charge on any atom is -0.481 e. The molecule has 0 aromatic carbocycles. The molecule has 0 bridgehead atoms. The second kappa shape index (κ2) is 6.52. The number of carboxylic acid groups (broad SMARTS) is 1. The van der Waals surface area contributed by atoms with Crippen molar-refractivity contribution in [3.8, 4) is 0 Å². The maximum atomic E-state index is 11.3. The van der Waals surface area contributed by atoms with Gasteiger partial charge in [0, 0.05) is 12.6 Å². The molecule has 1 rings (SSSR count). The van der Waals surface area contributed by atoms with Crippen LogP contribution in [0.1, 0.15) is 19.1 Å². The van der Waals surface area contributed by atoms with E-state index >= 15 is 0 Å². The number of hydrogen-bond donors (Lipinski definition) is 2. The van der Waals surface area contributed by atoms with Crippen LogP contribution < -0.4 is 5.32 Å². The van der Waals surface area contributed by atoms with Gasteiger partial charge in [-0.2, -0.15) is 0 Å². The maximum Gasteiger partial charge on any atom is 0.308 e. The van der Waals surface area contributed by atoms with Crippen molar-refractivity contribution in [3.63, 3.8) is 0 Å². The van der Waals surface area contributed by atoms with Gasteiger partial charge in [0.2, 0.25) is 5.91 Å². The van der Waals surface area contributed by atoms with E-state index in [2.05, 4.69) is 5.32 Å². The third-order valence-corrected chi connectivity index (χ3v) is 2.31. The summed E-state index contributed by atoms with van der Waals surface area (Å²) in [6.45, 7) is 1.90. The standard InChI is InChI=1S/C12H15NO4/c1-2-9(12(15)16)8-13-11(14)6-5-10-4-3-7-17-10/h3-7,9H,2,8H2,1H3,(H,13,14)(H,15,16). The van der Waals surface area contributed by atoms with E-state index in [4.69, 9.17) is 9.52 Å². The third kappa shape index (κ3) is 4.55. The Morgan fingerprint density at radius 2 is 2.35 bits per heavy atom. The predicted molar refractivity (Wildman–Crippen MR) is 62.2 cm³/mol. The summed E-state index contributed by atoms with van der Waals surface area (Å²) in [5.74, 6) is -1.20. The molecule has 5 nitrogen and oxygen atoms in total. The summed E-state index contributed by atoms with van der Waals surface area (Å²) in [5, 5.41) is 11.3. The molecule has 1 unspecified atom stereocenters. The molecule has 92 valence electrons. The van der Waals surface area contributed by atoms with Gasteiger partial charge in [0.15, 0.2) is 0 Å². The van der Waals surface area contributed by atoms with Crippen LogP contribution in [0, 0.1) is 5.92 Å². The van der Waals surface area contributed by atoms with Crippen LogP contribution in [0.5, 0.6) is 0 Å². The van der Waals surface area contributed by atoms with Crippen LogP contribution in [0.2, 0.25) is 0 Å². The number of nitrogens with one attached hydrogen (secondary N) is 1. The molecule has 1 aromatic rings. The molecule has 0 aliphatic carbocycles. The highest BCUT2D eigenvalue weighted by atomic mass is 16.4. The Kier molecular flexibility index (Phi) is 5.00. The van der Waals surface area contributed by atoms with E-state index in [0.29, 0.717) is 12.2 Å². The van der Waals surface area contributed by atoms with Crippen molar-refractivity contribution in [1.82, 2.24) is 5.32 Å². The van der Waals surface area contributed by atoms with E-state index < -0.39 is 11.9 Å². The monoisotopic (exact) mass is 237 g/mol. The van der Waals surface area contributed by atoms with Crippen LogP contribution in [-0.2, 0) is 9.59 Å². The number of carbonyl (C=O) groups is 2. The SMILES string of the molecule is CCC(CNC(=O)C=Cc1ccco1)C(=O)O. The number of hydrogen-bond acceptors (Lipinski definition) is 3. The van der Waals surface area contributed by atoms with Crippen LogP contribution in [0.4, 0.5) is 0 Å². The van der Waals surface area contributed by atoms with Gasteiger partial charge in [0.25, 0.3) is 0 Å². The van der Waals surface area contributed by atoms with E-state index in [1.54, 1.807) is 19.1 Å². The molecule has 0 aliphatic heterocycles. The van der Waals surface area contributed by atoms with Crippen molar-refractivity contribution in [2.75, 3.05) is 6.54 Å². The Balaban J connectivity index is 2.37. The van der Waals surface area contributed by atoms with Crippen LogP contribution in [-0.4, -0.2) is 23.5 Å². The topological polar surface area (TPSA) is 79.5 Å². The molecule has 1 heterocycles. The molecule has 1 atom stereocenters. The molecule has 0 radical (unpaired) electrons. The quantitative estimate of drug-likeness (QED) is 0.735. The fourth-order valence-electron chi connectivity index (χ4n) is 1.23. The Morgan fingerprint density at radius 1 is 1.59 bits per heavy atom. The van der Waals surface area contributed by atoms with Crippen LogP contribution in [0.3, 0.4) is 0 Å². The lowest BCUT2D eigenvalue weighted by Gasteiger charge is -2.09. The minimum absolute atomic E-state index is 0.132. The first kappa shape index (κ1) is 13.0. The Morgan fingerprint density at radius 3 is 2.88 bits per heavy atom. The maximum absolute atomic E-state index is 11.3. The van der Waals surface area contributed by atoms with Gasteiger partial charge in [-0.25, -0.2) is 0 Å². The van der Waals surface area contributed by atoms with Gasteiger partial charge in [-0.05, 0) is 24.6 Å². The van der Waals surface area contributed by atoms with Crippen molar-refractivity contribution in [3.05, 3.63) is 30.2 Å². The lowest BCUT2D eigenvalue weighted by Crippen LogP contribution is -2.31. The molecule has 0 saturated carbocycles. The summed E-state index contributed by atoms with van der Waals surface area (Å²) >= 11 is 0. The molecule has 0 spiro atoms. The Hall–Kier alpha value is -2.04. The summed E-state index contributed by atoms with van der Waals surface area (Å²) < 4.78 is 5.01. The molecule has 0 aliphatic rings. The lowest BCUT2D eigenvalue weighted by molar-refractivity contribution is -0.141. The number of furan rings is 1. The van der Waals surface area contributed by atoms with Gasteiger partial charge in [0.05, 0.1) is 12.2 Å². The molecule has 2 N–H and O–H groups in total. The number of carbonyl (C=O) groups excluding carboxylic acids is 1. The highest BCUT2D eigenvalue weighted by Gasteiger charge is 2.14. The van der Waals surface area contributed by atoms with Gasteiger partial charge in [-0.15, -0.1) is 0 Å². The first-order valence-corrected chi connectivity index (χ1v) is 5.35. The summed E-state index contributed by atoms with van der Waals surface area (Å²) in [4.78, 5) is 22.1. The van der Waals surface area contributed by atoms with E-state index in [1.165, 1.54) is 18.4 Å². The van der Waals surface area contributed by atoms with Crippen LogP contribution in [0.25, 0.3) is 6.08 Å². The van der Waals surface area contributed by atoms with Crippen molar-refractivity contribution in [2.45, 2.75) is 13.3 Å². The van der Waals surface area contributed by atoms with Crippen molar-refractivity contribution < 1.29 is 19.1 Å². The molecule has 0 fully saturated rings. The number of carboxylic acids is 1. The highest BCUT2D eigenvalue weighted by Crippen LogP contribution is 2.02. The Bertz CT molecular complexity index is 395. The average molecular weight is 237 g/mol. The molecule has 1 aromatic heterocycles. The molecule has 0 saturated heterocycles. The van der Waals surface area contributed by atoms with Crippen molar-refractivity contribution >= 4 is 18.0 Å². The second-order valence-corrected chi connectivity index (χ2v) is 3.54. The first-order chi connectivity index (χ1) is 8.13. The second-order valence-electron chi connectivity index (χ2n) is 3.54. The average Bonchev–Trinajstić information content (AvgIpc) is 2.79. The fourth-order valence-corrected chi connectivity index (χ4v) is 1.23. The van der Waals surface area contributed by atoms with Gasteiger partial charge in [0.1, 0.15) is 5.76 Å². The molecular formula is C12H15NO4. The van der Waals surface area contributed by atoms with E-state index in [-0.39, 0.29) is 12.5 Å². The highest BCUT2D eigenvalue weighted by molar-refractivity contribution is 5.91. The predicted octanol–water partition coefficient (Wildman–Crippen LogP) is 1.52. The zero-order chi connectivity index (χ0) is 12.7. The normalized spacial score (nSPS) is 12.5. The zero-order valence-electron chi connectivity index (χ0n) is 9.55. The Labute approximate surface area is 99.1 Å². The third-order valence-electron chi connectivity index (χ3n) is 2.31. The summed E-state index contributed by atoms with van der Waals surface area (Å²) in [6, 6.07) is 3.44. The largest absolute Gasteiger partial charge is 0.481 e. The van der Waals surface area contributed by atoms with E-state index in [1.807, 2.05) is 0 Å². The lowest BCUT2D eigenvalue weighted by atomic mass is 10.1. The van der Waals surface area contributed by atoms with Crippen LogP contribution in [0.15, 0.2) is 28.9 Å². The minimum atomic E-state index is -0.900. The molecule has 17 heavy (non-hydrogen) atoms. The van der Waals surface area contributed by atoms with Gasteiger partial charge in [-0.1, -0.05) is 6.92 Å². The molecule has 5 heteroatoms. The smallest absolute Gasteiger partial charge is 0.308 e. The molecular weight excluding hydrogens is 222 g/mol. The van der Waals surface area contributed by atoms with E-state index in [0.717, 1.165) is 0 Å². The summed E-state index contributed by atoms with van der Waals surface area (Å²) in [6.07, 6.45) is 4.83. The van der Waals surface area contributed by atoms with Gasteiger partial charge in [-0.3, -0.25) is 9.59 Å². The summed E-state index contributed by atoms with van der Waals surface area (Å²) in [7, 11) is 0. The molecule has 1 amide bonds.